The highest BCUT2D eigenvalue weighted by Gasteiger charge is 2.36. The maximum absolute atomic E-state index is 14.7. The van der Waals surface area contributed by atoms with Gasteiger partial charge in [-0.25, -0.2) is 27.6 Å². The Labute approximate surface area is 176 Å². The number of benzene rings is 1. The van der Waals surface area contributed by atoms with Crippen LogP contribution in [0.4, 0.5) is 19.0 Å². The number of aromatic amines is 1. The van der Waals surface area contributed by atoms with Crippen LogP contribution in [0.5, 0.6) is 0 Å². The number of hydrogen-bond acceptors (Lipinski definition) is 6. The summed E-state index contributed by atoms with van der Waals surface area (Å²) in [6.07, 6.45) is 5.71. The van der Waals surface area contributed by atoms with Gasteiger partial charge in [-0.05, 0) is 12.5 Å². The molecule has 0 bridgehead atoms. The number of halogens is 3. The van der Waals surface area contributed by atoms with Crippen molar-refractivity contribution in [3.63, 3.8) is 0 Å². The van der Waals surface area contributed by atoms with Crippen LogP contribution in [0.25, 0.3) is 0 Å². The molecular formula is C20H23F3N6O2. The van der Waals surface area contributed by atoms with Crippen LogP contribution in [0.2, 0.25) is 0 Å². The van der Waals surface area contributed by atoms with Gasteiger partial charge < -0.3 is 10.0 Å². The normalized spacial score (nSPS) is 13.2. The first-order valence-electron chi connectivity index (χ1n) is 9.82. The van der Waals surface area contributed by atoms with Gasteiger partial charge in [0.2, 0.25) is 0 Å². The van der Waals surface area contributed by atoms with Crippen LogP contribution in [-0.2, 0) is 12.1 Å². The maximum atomic E-state index is 14.7. The molecule has 1 atom stereocenters. The third-order valence-electron chi connectivity index (χ3n) is 4.87. The van der Waals surface area contributed by atoms with Crippen LogP contribution in [0.1, 0.15) is 31.7 Å². The highest BCUT2D eigenvalue weighted by molar-refractivity contribution is 5.40. The molecule has 0 aliphatic carbocycles. The molecular weight excluding hydrogens is 413 g/mol. The van der Waals surface area contributed by atoms with Crippen molar-refractivity contribution in [3.05, 3.63) is 70.5 Å². The number of nitrogens with one attached hydrogen (secondary N) is 1. The monoisotopic (exact) mass is 436 g/mol. The lowest BCUT2D eigenvalue weighted by atomic mass is 9.92. The molecule has 31 heavy (non-hydrogen) atoms. The molecule has 0 fully saturated rings. The van der Waals surface area contributed by atoms with Crippen molar-refractivity contribution < 1.29 is 18.3 Å². The number of hydrogen-bond donors (Lipinski definition) is 2. The SMILES string of the molecule is CCCCCN(CC(O)(Cn1cncn1)c1ccc(F)cc1F)c1[nH]c(=O)ncc1F. The molecule has 11 heteroatoms. The quantitative estimate of drug-likeness (QED) is 0.474. The summed E-state index contributed by atoms with van der Waals surface area (Å²) in [5.41, 5.74) is -2.91. The molecule has 2 heterocycles. The topological polar surface area (TPSA) is 99.9 Å². The van der Waals surface area contributed by atoms with Crippen LogP contribution in [0, 0.1) is 17.5 Å². The van der Waals surface area contributed by atoms with Crippen LogP contribution in [0.15, 0.2) is 41.8 Å². The first kappa shape index (κ1) is 22.5. The molecule has 0 saturated heterocycles. The second-order valence-electron chi connectivity index (χ2n) is 7.26. The molecule has 166 valence electrons. The Morgan fingerprint density at radius 3 is 2.71 bits per heavy atom. The van der Waals surface area contributed by atoms with Crippen molar-refractivity contribution in [1.82, 2.24) is 24.7 Å². The summed E-state index contributed by atoms with van der Waals surface area (Å²) in [6, 6.07) is 2.83. The van der Waals surface area contributed by atoms with E-state index in [1.54, 1.807) is 0 Å². The maximum Gasteiger partial charge on any atom is 0.346 e. The van der Waals surface area contributed by atoms with E-state index < -0.39 is 28.7 Å². The highest BCUT2D eigenvalue weighted by atomic mass is 19.1. The molecule has 0 aliphatic heterocycles. The Morgan fingerprint density at radius 2 is 2.03 bits per heavy atom. The van der Waals surface area contributed by atoms with Crippen molar-refractivity contribution >= 4 is 5.82 Å². The van der Waals surface area contributed by atoms with Gasteiger partial charge in [0, 0.05) is 18.2 Å². The Morgan fingerprint density at radius 1 is 1.23 bits per heavy atom. The summed E-state index contributed by atoms with van der Waals surface area (Å²) >= 11 is 0. The second-order valence-corrected chi connectivity index (χ2v) is 7.26. The number of aromatic nitrogens is 5. The van der Waals surface area contributed by atoms with Gasteiger partial charge in [-0.1, -0.05) is 25.8 Å². The fraction of sp³-hybridized carbons (Fsp3) is 0.400. The molecule has 3 rings (SSSR count). The summed E-state index contributed by atoms with van der Waals surface area (Å²) in [5, 5.41) is 15.5. The molecule has 0 aliphatic rings. The standard InChI is InChI=1S/C20H23F3N6O2/c1-2-3-4-7-28(18-17(23)9-25-19(30)27-18)10-20(31,11-29-13-24-12-26-29)15-6-5-14(21)8-16(15)22/h5-6,8-9,12-13,31H,2-4,7,10-11H2,1H3,(H,25,27,30). The number of unbranched alkanes of at least 4 members (excludes halogenated alkanes) is 2. The zero-order valence-corrected chi connectivity index (χ0v) is 16.9. The highest BCUT2D eigenvalue weighted by Crippen LogP contribution is 2.30. The minimum atomic E-state index is -1.95. The van der Waals surface area contributed by atoms with Crippen LogP contribution in [0.3, 0.4) is 0 Å². The van der Waals surface area contributed by atoms with Crippen LogP contribution in [-0.4, -0.2) is 42.9 Å². The van der Waals surface area contributed by atoms with E-state index in [0.717, 1.165) is 31.2 Å². The van der Waals surface area contributed by atoms with Gasteiger partial charge >= 0.3 is 5.69 Å². The summed E-state index contributed by atoms with van der Waals surface area (Å²) in [5.74, 6) is -2.72. The molecule has 0 amide bonds. The fourth-order valence-corrected chi connectivity index (χ4v) is 3.41. The third-order valence-corrected chi connectivity index (χ3v) is 4.87. The van der Waals surface area contributed by atoms with Gasteiger partial charge in [0.1, 0.15) is 35.7 Å². The summed E-state index contributed by atoms with van der Waals surface area (Å²) in [4.78, 5) is 22.7. The van der Waals surface area contributed by atoms with E-state index in [-0.39, 0.29) is 31.0 Å². The van der Waals surface area contributed by atoms with E-state index in [0.29, 0.717) is 12.5 Å². The fourth-order valence-electron chi connectivity index (χ4n) is 3.41. The predicted molar refractivity (Wildman–Crippen MR) is 107 cm³/mol. The summed E-state index contributed by atoms with van der Waals surface area (Å²) in [6.45, 7) is 1.72. The van der Waals surface area contributed by atoms with E-state index in [9.17, 15) is 23.1 Å². The molecule has 1 aromatic carbocycles. The number of rotatable bonds is 10. The molecule has 0 spiro atoms. The molecule has 0 saturated carbocycles. The van der Waals surface area contributed by atoms with Crippen LogP contribution >= 0.6 is 0 Å². The number of H-pyrrole nitrogens is 1. The summed E-state index contributed by atoms with van der Waals surface area (Å²) < 4.78 is 44.0. The van der Waals surface area contributed by atoms with Crippen molar-refractivity contribution in [1.29, 1.82) is 0 Å². The first-order valence-corrected chi connectivity index (χ1v) is 9.82. The van der Waals surface area contributed by atoms with E-state index in [4.69, 9.17) is 0 Å². The molecule has 3 aromatic rings. The molecule has 1 unspecified atom stereocenters. The van der Waals surface area contributed by atoms with Crippen molar-refractivity contribution in [2.75, 3.05) is 18.0 Å². The zero-order chi connectivity index (χ0) is 22.4. The lowest BCUT2D eigenvalue weighted by molar-refractivity contribution is 0.0182. The Kier molecular flexibility index (Phi) is 7.06. The number of anilines is 1. The van der Waals surface area contributed by atoms with E-state index in [1.165, 1.54) is 22.2 Å². The minimum absolute atomic E-state index is 0.171. The van der Waals surface area contributed by atoms with Gasteiger partial charge in [-0.3, -0.25) is 4.98 Å². The Hall–Kier alpha value is -3.21. The lowest BCUT2D eigenvalue weighted by Crippen LogP contribution is -2.46. The van der Waals surface area contributed by atoms with E-state index in [1.807, 2.05) is 6.92 Å². The van der Waals surface area contributed by atoms with Gasteiger partial charge in [0.25, 0.3) is 0 Å². The lowest BCUT2D eigenvalue weighted by Gasteiger charge is -2.35. The van der Waals surface area contributed by atoms with Crippen molar-refractivity contribution in [3.8, 4) is 0 Å². The van der Waals surface area contributed by atoms with Gasteiger partial charge in [0.05, 0.1) is 19.3 Å². The largest absolute Gasteiger partial charge is 0.381 e. The number of aliphatic hydroxyl groups is 1. The van der Waals surface area contributed by atoms with E-state index in [2.05, 4.69) is 20.1 Å². The Balaban J connectivity index is 2.04. The molecule has 8 nitrogen and oxygen atoms in total. The molecule has 2 N–H and O–H groups in total. The number of nitrogens with zero attached hydrogens (tertiary/aromatic N) is 5. The first-order chi connectivity index (χ1) is 14.8. The Bertz CT molecular complexity index is 1060. The zero-order valence-electron chi connectivity index (χ0n) is 16.9. The molecule has 2 aromatic heterocycles. The van der Waals surface area contributed by atoms with Gasteiger partial charge in [-0.2, -0.15) is 10.1 Å². The average Bonchev–Trinajstić information content (AvgIpc) is 3.22. The van der Waals surface area contributed by atoms with Crippen molar-refractivity contribution in [2.24, 2.45) is 0 Å². The molecule has 0 radical (unpaired) electrons. The average molecular weight is 436 g/mol. The third kappa shape index (κ3) is 5.48. The van der Waals surface area contributed by atoms with Crippen molar-refractivity contribution in [2.45, 2.75) is 38.3 Å². The second kappa shape index (κ2) is 9.73. The van der Waals surface area contributed by atoms with Gasteiger partial charge in [0.15, 0.2) is 5.82 Å². The van der Waals surface area contributed by atoms with Crippen LogP contribution < -0.4 is 10.6 Å². The summed E-state index contributed by atoms with van der Waals surface area (Å²) in [7, 11) is 0. The van der Waals surface area contributed by atoms with E-state index >= 15 is 0 Å². The predicted octanol–water partition coefficient (Wildman–Crippen LogP) is 2.36. The minimum Gasteiger partial charge on any atom is -0.381 e. The smallest absolute Gasteiger partial charge is 0.346 e. The van der Waals surface area contributed by atoms with Gasteiger partial charge in [-0.15, -0.1) is 0 Å².